The van der Waals surface area contributed by atoms with Crippen molar-refractivity contribution in [1.29, 1.82) is 0 Å². The van der Waals surface area contributed by atoms with Crippen LogP contribution in [0.3, 0.4) is 0 Å². The van der Waals surface area contributed by atoms with Crippen LogP contribution in [0.25, 0.3) is 10.8 Å². The predicted molar refractivity (Wildman–Crippen MR) is 70.2 cm³/mol. The first-order valence-corrected chi connectivity index (χ1v) is 5.87. The van der Waals surface area contributed by atoms with Gasteiger partial charge in [-0.1, -0.05) is 19.1 Å². The lowest BCUT2D eigenvalue weighted by atomic mass is 10.0. The van der Waals surface area contributed by atoms with E-state index in [2.05, 4.69) is 18.0 Å². The molecule has 0 aliphatic rings. The molecule has 1 aromatic carbocycles. The maximum Gasteiger partial charge on any atom is 0.126 e. The normalized spacial score (nSPS) is 12.6. The molecule has 1 atom stereocenters. The molecule has 0 aliphatic carbocycles. The fourth-order valence-corrected chi connectivity index (χ4v) is 1.99. The van der Waals surface area contributed by atoms with E-state index in [1.807, 2.05) is 24.4 Å². The van der Waals surface area contributed by atoms with Crippen molar-refractivity contribution in [3.05, 3.63) is 36.2 Å². The minimum absolute atomic E-state index is 0.444. The van der Waals surface area contributed by atoms with Gasteiger partial charge in [0.2, 0.25) is 0 Å². The molecule has 0 aliphatic heterocycles. The van der Waals surface area contributed by atoms with Gasteiger partial charge in [-0.3, -0.25) is 4.98 Å². The Morgan fingerprint density at radius 2 is 2.12 bits per heavy atom. The Hall–Kier alpha value is -1.61. The van der Waals surface area contributed by atoms with Crippen molar-refractivity contribution in [3.63, 3.8) is 0 Å². The van der Waals surface area contributed by atoms with Crippen molar-refractivity contribution in [2.45, 2.75) is 13.3 Å². The number of aromatic nitrogens is 1. The molecule has 0 saturated carbocycles. The lowest BCUT2D eigenvalue weighted by molar-refractivity contribution is 0.419. The molecule has 3 nitrogen and oxygen atoms in total. The zero-order chi connectivity index (χ0) is 12.3. The number of pyridine rings is 1. The lowest BCUT2D eigenvalue weighted by Gasteiger charge is -2.11. The number of fused-ring (bicyclic) bond motifs is 1. The number of hydrogen-bond acceptors (Lipinski definition) is 3. The van der Waals surface area contributed by atoms with Crippen LogP contribution in [0, 0.1) is 5.92 Å². The van der Waals surface area contributed by atoms with Crippen LogP contribution in [0.15, 0.2) is 30.5 Å². The van der Waals surface area contributed by atoms with Gasteiger partial charge in [0.05, 0.1) is 7.11 Å². The monoisotopic (exact) mass is 230 g/mol. The molecule has 0 bridgehead atoms. The summed E-state index contributed by atoms with van der Waals surface area (Å²) in [5, 5.41) is 2.27. The number of hydrogen-bond donors (Lipinski definition) is 1. The molecule has 2 rings (SSSR count). The second-order valence-electron chi connectivity index (χ2n) is 4.36. The van der Waals surface area contributed by atoms with E-state index in [0.717, 1.165) is 28.6 Å². The molecule has 17 heavy (non-hydrogen) atoms. The molecule has 0 spiro atoms. The minimum Gasteiger partial charge on any atom is -0.496 e. The maximum absolute atomic E-state index is 5.67. The van der Waals surface area contributed by atoms with Gasteiger partial charge in [0, 0.05) is 22.7 Å². The second kappa shape index (κ2) is 5.15. The van der Waals surface area contributed by atoms with Gasteiger partial charge in [0.15, 0.2) is 0 Å². The number of nitrogens with two attached hydrogens (primary N) is 1. The summed E-state index contributed by atoms with van der Waals surface area (Å²) in [6.45, 7) is 2.82. The van der Waals surface area contributed by atoms with Gasteiger partial charge in [0.25, 0.3) is 0 Å². The Labute approximate surface area is 102 Å². The van der Waals surface area contributed by atoms with E-state index in [9.17, 15) is 0 Å². The topological polar surface area (TPSA) is 48.1 Å². The van der Waals surface area contributed by atoms with Gasteiger partial charge in [-0.25, -0.2) is 0 Å². The van der Waals surface area contributed by atoms with Crippen LogP contribution < -0.4 is 10.5 Å². The standard InChI is InChI=1S/C14H18N2O/c1-10(9-15)8-13-11-4-3-5-14(17-2)12(11)6-7-16-13/h3-7,10H,8-9,15H2,1-2H3. The quantitative estimate of drug-likeness (QED) is 0.877. The lowest BCUT2D eigenvalue weighted by Crippen LogP contribution is -2.14. The van der Waals surface area contributed by atoms with Crippen molar-refractivity contribution in [1.82, 2.24) is 4.98 Å². The molecular formula is C14H18N2O. The smallest absolute Gasteiger partial charge is 0.126 e. The Morgan fingerprint density at radius 1 is 1.29 bits per heavy atom. The first kappa shape index (κ1) is 11.9. The first-order chi connectivity index (χ1) is 8.26. The van der Waals surface area contributed by atoms with Gasteiger partial charge in [-0.15, -0.1) is 0 Å². The van der Waals surface area contributed by atoms with E-state index >= 15 is 0 Å². The Bertz CT molecular complexity index is 511. The van der Waals surface area contributed by atoms with E-state index in [4.69, 9.17) is 10.5 Å². The van der Waals surface area contributed by atoms with Gasteiger partial charge in [0.1, 0.15) is 5.75 Å². The van der Waals surface area contributed by atoms with Crippen molar-refractivity contribution in [2.24, 2.45) is 11.7 Å². The van der Waals surface area contributed by atoms with Gasteiger partial charge < -0.3 is 10.5 Å². The summed E-state index contributed by atoms with van der Waals surface area (Å²) in [5.41, 5.74) is 6.76. The van der Waals surface area contributed by atoms with Crippen LogP contribution >= 0.6 is 0 Å². The largest absolute Gasteiger partial charge is 0.496 e. The highest BCUT2D eigenvalue weighted by molar-refractivity contribution is 5.89. The van der Waals surface area contributed by atoms with Crippen LogP contribution in [-0.4, -0.2) is 18.6 Å². The van der Waals surface area contributed by atoms with Crippen molar-refractivity contribution >= 4 is 10.8 Å². The zero-order valence-electron chi connectivity index (χ0n) is 10.3. The van der Waals surface area contributed by atoms with Crippen LogP contribution in [0.2, 0.25) is 0 Å². The van der Waals surface area contributed by atoms with Gasteiger partial charge in [-0.05, 0) is 31.0 Å². The summed E-state index contributed by atoms with van der Waals surface area (Å²) in [4.78, 5) is 4.46. The third-order valence-electron chi connectivity index (χ3n) is 3.01. The molecule has 0 saturated heterocycles. The van der Waals surface area contributed by atoms with Crippen LogP contribution in [0.5, 0.6) is 5.75 Å². The van der Waals surface area contributed by atoms with E-state index in [-0.39, 0.29) is 0 Å². The predicted octanol–water partition coefficient (Wildman–Crippen LogP) is 2.38. The average Bonchev–Trinajstić information content (AvgIpc) is 2.38. The summed E-state index contributed by atoms with van der Waals surface area (Å²) < 4.78 is 5.36. The summed E-state index contributed by atoms with van der Waals surface area (Å²) in [6.07, 6.45) is 2.74. The number of rotatable bonds is 4. The maximum atomic E-state index is 5.67. The fraction of sp³-hybridized carbons (Fsp3) is 0.357. The molecule has 1 unspecified atom stereocenters. The molecule has 90 valence electrons. The molecule has 0 fully saturated rings. The summed E-state index contributed by atoms with van der Waals surface area (Å²) in [5.74, 6) is 1.34. The van der Waals surface area contributed by atoms with Gasteiger partial charge >= 0.3 is 0 Å². The van der Waals surface area contributed by atoms with Crippen LogP contribution in [-0.2, 0) is 6.42 Å². The van der Waals surface area contributed by atoms with Crippen molar-refractivity contribution in [2.75, 3.05) is 13.7 Å². The van der Waals surface area contributed by atoms with E-state index < -0.39 is 0 Å². The molecule has 2 aromatic rings. The Balaban J connectivity index is 2.50. The summed E-state index contributed by atoms with van der Waals surface area (Å²) in [6, 6.07) is 8.05. The summed E-state index contributed by atoms with van der Waals surface area (Å²) in [7, 11) is 1.69. The third kappa shape index (κ3) is 2.39. The number of benzene rings is 1. The van der Waals surface area contributed by atoms with Crippen LogP contribution in [0.4, 0.5) is 0 Å². The molecular weight excluding hydrogens is 212 g/mol. The number of nitrogens with zero attached hydrogens (tertiary/aromatic N) is 1. The van der Waals surface area contributed by atoms with Crippen molar-refractivity contribution < 1.29 is 4.74 Å². The molecule has 1 heterocycles. The van der Waals surface area contributed by atoms with E-state index in [1.165, 1.54) is 0 Å². The molecule has 2 N–H and O–H groups in total. The fourth-order valence-electron chi connectivity index (χ4n) is 1.99. The third-order valence-corrected chi connectivity index (χ3v) is 3.01. The SMILES string of the molecule is COc1cccc2c(CC(C)CN)nccc12. The molecule has 1 aromatic heterocycles. The average molecular weight is 230 g/mol. The Kier molecular flexibility index (Phi) is 3.59. The second-order valence-corrected chi connectivity index (χ2v) is 4.36. The highest BCUT2D eigenvalue weighted by atomic mass is 16.5. The van der Waals surface area contributed by atoms with Gasteiger partial charge in [-0.2, -0.15) is 0 Å². The first-order valence-electron chi connectivity index (χ1n) is 5.87. The Morgan fingerprint density at radius 3 is 2.82 bits per heavy atom. The number of ether oxygens (including phenoxy) is 1. The zero-order valence-corrected chi connectivity index (χ0v) is 10.3. The van der Waals surface area contributed by atoms with Crippen LogP contribution in [0.1, 0.15) is 12.6 Å². The summed E-state index contributed by atoms with van der Waals surface area (Å²) >= 11 is 0. The minimum atomic E-state index is 0.444. The highest BCUT2D eigenvalue weighted by Gasteiger charge is 2.09. The van der Waals surface area contributed by atoms with Crippen molar-refractivity contribution in [3.8, 4) is 5.75 Å². The number of methoxy groups -OCH3 is 1. The molecule has 0 radical (unpaired) electrons. The van der Waals surface area contributed by atoms with E-state index in [0.29, 0.717) is 12.5 Å². The molecule has 3 heteroatoms. The molecule has 0 amide bonds. The highest BCUT2D eigenvalue weighted by Crippen LogP contribution is 2.27. The van der Waals surface area contributed by atoms with E-state index in [1.54, 1.807) is 7.11 Å².